The fourth-order valence-corrected chi connectivity index (χ4v) is 3.98. The van der Waals surface area contributed by atoms with Crippen LogP contribution in [0.4, 0.5) is 5.69 Å². The number of pyridine rings is 1. The average Bonchev–Trinajstić information content (AvgIpc) is 2.76. The van der Waals surface area contributed by atoms with Gasteiger partial charge < -0.3 is 16.2 Å². The first-order valence-electron chi connectivity index (χ1n) is 10.1. The van der Waals surface area contributed by atoms with Crippen molar-refractivity contribution in [2.45, 2.75) is 37.6 Å². The molecule has 0 spiro atoms. The van der Waals surface area contributed by atoms with Gasteiger partial charge in [-0.2, -0.15) is 0 Å². The van der Waals surface area contributed by atoms with Crippen molar-refractivity contribution >= 4 is 23.4 Å². The second kappa shape index (κ2) is 9.49. The van der Waals surface area contributed by atoms with E-state index in [2.05, 4.69) is 10.3 Å². The molecular weight excluding hydrogens is 382 g/mol. The molecule has 3 rings (SSSR count). The van der Waals surface area contributed by atoms with E-state index in [0.717, 1.165) is 19.3 Å². The molecule has 1 atom stereocenters. The van der Waals surface area contributed by atoms with E-state index in [1.165, 1.54) is 0 Å². The second-order valence-corrected chi connectivity index (χ2v) is 7.49. The summed E-state index contributed by atoms with van der Waals surface area (Å²) in [6.07, 6.45) is 6.34. The smallest absolute Gasteiger partial charge is 0.328 e. The maximum Gasteiger partial charge on any atom is 0.328 e. The largest absolute Gasteiger partial charge is 0.480 e. The molecule has 2 heterocycles. The van der Waals surface area contributed by atoms with Gasteiger partial charge in [-0.15, -0.1) is 0 Å². The number of aromatic nitrogens is 1. The fourth-order valence-electron chi connectivity index (χ4n) is 3.98. The van der Waals surface area contributed by atoms with Gasteiger partial charge in [-0.25, -0.2) is 4.79 Å². The van der Waals surface area contributed by atoms with Crippen molar-refractivity contribution in [2.24, 2.45) is 5.73 Å². The third-order valence-corrected chi connectivity index (χ3v) is 5.58. The van der Waals surface area contributed by atoms with Gasteiger partial charge in [0.1, 0.15) is 11.4 Å². The number of nitrogen functional groups attached to an aromatic ring is 1. The number of amidine groups is 1. The van der Waals surface area contributed by atoms with Crippen LogP contribution in [0.15, 0.2) is 48.8 Å². The van der Waals surface area contributed by atoms with Crippen LogP contribution in [0.25, 0.3) is 0 Å². The molecule has 1 aliphatic rings. The van der Waals surface area contributed by atoms with E-state index in [1.54, 1.807) is 48.8 Å². The summed E-state index contributed by atoms with van der Waals surface area (Å²) in [6.45, 7) is 1.35. The van der Waals surface area contributed by atoms with Crippen molar-refractivity contribution in [3.63, 3.8) is 0 Å². The predicted molar refractivity (Wildman–Crippen MR) is 114 cm³/mol. The molecule has 0 bridgehead atoms. The molecule has 1 unspecified atom stereocenters. The normalized spacial score (nSPS) is 16.4. The molecule has 0 saturated carbocycles. The van der Waals surface area contributed by atoms with Gasteiger partial charge in [0.05, 0.1) is 0 Å². The zero-order valence-corrected chi connectivity index (χ0v) is 16.8. The van der Waals surface area contributed by atoms with E-state index in [9.17, 15) is 14.7 Å². The van der Waals surface area contributed by atoms with Gasteiger partial charge in [-0.05, 0) is 62.7 Å². The Balaban J connectivity index is 1.78. The number of benzene rings is 1. The molecule has 1 amide bonds. The molecule has 8 heteroatoms. The highest BCUT2D eigenvalue weighted by Crippen LogP contribution is 2.36. The van der Waals surface area contributed by atoms with Crippen LogP contribution in [0.5, 0.6) is 0 Å². The third kappa shape index (κ3) is 4.65. The number of carboxylic acid groups (broad SMARTS) is 1. The fraction of sp³-hybridized carbons (Fsp3) is 0.364. The van der Waals surface area contributed by atoms with Crippen molar-refractivity contribution in [3.8, 4) is 0 Å². The summed E-state index contributed by atoms with van der Waals surface area (Å²) >= 11 is 0. The number of nitrogens with zero attached hydrogens (tertiary/aromatic N) is 2. The van der Waals surface area contributed by atoms with E-state index >= 15 is 0 Å². The molecule has 1 saturated heterocycles. The van der Waals surface area contributed by atoms with Crippen LogP contribution < -0.4 is 11.1 Å². The van der Waals surface area contributed by atoms with Crippen LogP contribution in [-0.4, -0.2) is 45.8 Å². The summed E-state index contributed by atoms with van der Waals surface area (Å²) < 4.78 is 0. The number of carboxylic acids is 1. The average molecular weight is 409 g/mol. The molecule has 0 radical (unpaired) electrons. The van der Waals surface area contributed by atoms with Gasteiger partial charge >= 0.3 is 5.97 Å². The molecular formula is C22H27N5O3. The molecule has 158 valence electrons. The van der Waals surface area contributed by atoms with Crippen LogP contribution in [0, 0.1) is 5.41 Å². The first kappa shape index (κ1) is 21.4. The van der Waals surface area contributed by atoms with Crippen LogP contribution in [0.1, 0.15) is 43.2 Å². The molecule has 1 aromatic heterocycles. The van der Waals surface area contributed by atoms with Crippen molar-refractivity contribution in [1.29, 1.82) is 5.41 Å². The molecule has 30 heavy (non-hydrogen) atoms. The number of rotatable bonds is 8. The van der Waals surface area contributed by atoms with Crippen molar-refractivity contribution in [2.75, 3.05) is 18.4 Å². The zero-order chi connectivity index (χ0) is 21.6. The highest BCUT2D eigenvalue weighted by atomic mass is 16.4. The lowest BCUT2D eigenvalue weighted by Crippen LogP contribution is -2.54. The van der Waals surface area contributed by atoms with Gasteiger partial charge in [0.15, 0.2) is 0 Å². The topological polar surface area (TPSA) is 132 Å². The molecule has 1 aromatic carbocycles. The molecule has 2 aromatic rings. The minimum atomic E-state index is -1.29. The Morgan fingerprint density at radius 3 is 2.43 bits per heavy atom. The lowest BCUT2D eigenvalue weighted by Gasteiger charge is -2.43. The van der Waals surface area contributed by atoms with E-state index < -0.39 is 11.5 Å². The summed E-state index contributed by atoms with van der Waals surface area (Å²) in [7, 11) is 0. The minimum Gasteiger partial charge on any atom is -0.480 e. The minimum absolute atomic E-state index is 0.0443. The number of piperidine rings is 1. The first-order valence-corrected chi connectivity index (χ1v) is 10.1. The maximum atomic E-state index is 12.6. The maximum absolute atomic E-state index is 12.6. The number of hydrogen-bond acceptors (Lipinski definition) is 5. The summed E-state index contributed by atoms with van der Waals surface area (Å²) in [6, 6.07) is 10.2. The lowest BCUT2D eigenvalue weighted by atomic mass is 9.83. The zero-order valence-electron chi connectivity index (χ0n) is 16.8. The Morgan fingerprint density at radius 2 is 1.87 bits per heavy atom. The lowest BCUT2D eigenvalue weighted by molar-refractivity contribution is -0.154. The Kier molecular flexibility index (Phi) is 6.79. The number of nitrogens with two attached hydrogens (primary N) is 1. The van der Waals surface area contributed by atoms with E-state index in [0.29, 0.717) is 29.9 Å². The monoisotopic (exact) mass is 409 g/mol. The van der Waals surface area contributed by atoms with Gasteiger partial charge in [0.2, 0.25) is 5.91 Å². The summed E-state index contributed by atoms with van der Waals surface area (Å²) in [4.78, 5) is 31.3. The Bertz CT molecular complexity index is 895. The van der Waals surface area contributed by atoms with Crippen LogP contribution >= 0.6 is 0 Å². The Labute approximate surface area is 175 Å². The molecule has 1 aliphatic heterocycles. The first-order chi connectivity index (χ1) is 14.4. The number of aliphatic carboxylic acids is 1. The van der Waals surface area contributed by atoms with E-state index in [4.69, 9.17) is 11.1 Å². The standard InChI is InChI=1S/C22H27N5O3/c23-20(24)16-6-8-18(9-7-16)26-19(28)10-11-22(21(29)30,17-5-4-12-25-15-17)27-13-2-1-3-14-27/h4-9,12,15H,1-3,10-11,13-14H2,(H3,23,24)(H,26,28)(H,29,30). The number of likely N-dealkylation sites (tertiary alicyclic amines) is 1. The van der Waals surface area contributed by atoms with E-state index in [-0.39, 0.29) is 24.6 Å². The van der Waals surface area contributed by atoms with Crippen molar-refractivity contribution in [1.82, 2.24) is 9.88 Å². The van der Waals surface area contributed by atoms with Crippen LogP contribution in [0.3, 0.4) is 0 Å². The Morgan fingerprint density at radius 1 is 1.17 bits per heavy atom. The SMILES string of the molecule is N=C(N)c1ccc(NC(=O)CCC(C(=O)O)(c2cccnc2)N2CCCCC2)cc1. The highest BCUT2D eigenvalue weighted by molar-refractivity contribution is 5.96. The second-order valence-electron chi connectivity index (χ2n) is 7.49. The van der Waals surface area contributed by atoms with Gasteiger partial charge in [0, 0.05) is 35.6 Å². The number of anilines is 1. The molecule has 1 fully saturated rings. The Hall–Kier alpha value is -3.26. The quantitative estimate of drug-likeness (QED) is 0.391. The number of amides is 1. The van der Waals surface area contributed by atoms with Gasteiger partial charge in [-0.3, -0.25) is 20.1 Å². The number of carbonyl (C=O) groups excluding carboxylic acids is 1. The summed E-state index contributed by atoms with van der Waals surface area (Å²) in [5.74, 6) is -1.27. The predicted octanol–water partition coefficient (Wildman–Crippen LogP) is 2.55. The van der Waals surface area contributed by atoms with Gasteiger partial charge in [0.25, 0.3) is 0 Å². The number of carbonyl (C=O) groups is 2. The van der Waals surface area contributed by atoms with Crippen LogP contribution in [0.2, 0.25) is 0 Å². The molecule has 5 N–H and O–H groups in total. The number of nitrogens with one attached hydrogen (secondary N) is 2. The highest BCUT2D eigenvalue weighted by Gasteiger charge is 2.46. The molecule has 0 aliphatic carbocycles. The van der Waals surface area contributed by atoms with E-state index in [1.807, 2.05) is 4.90 Å². The van der Waals surface area contributed by atoms with Crippen LogP contribution in [-0.2, 0) is 15.1 Å². The summed E-state index contributed by atoms with van der Waals surface area (Å²) in [5, 5.41) is 20.5. The molecule has 8 nitrogen and oxygen atoms in total. The third-order valence-electron chi connectivity index (χ3n) is 5.58. The van der Waals surface area contributed by atoms with Crippen molar-refractivity contribution < 1.29 is 14.7 Å². The van der Waals surface area contributed by atoms with Gasteiger partial charge in [-0.1, -0.05) is 12.5 Å². The number of hydrogen-bond donors (Lipinski definition) is 4. The van der Waals surface area contributed by atoms with Crippen molar-refractivity contribution in [3.05, 3.63) is 59.9 Å². The summed E-state index contributed by atoms with van der Waals surface area (Å²) in [5.41, 5.74) is 5.90.